The molecule has 152 valence electrons. The molecule has 0 amide bonds. The molecule has 1 aromatic carbocycles. The van der Waals surface area contributed by atoms with Crippen LogP contribution < -0.4 is 9.91 Å². The summed E-state index contributed by atoms with van der Waals surface area (Å²) >= 11 is 0. The summed E-state index contributed by atoms with van der Waals surface area (Å²) in [5, 5.41) is 27.5. The second-order valence-corrected chi connectivity index (χ2v) is 7.67. The number of hydrazine groups is 1. The fraction of sp³-hybridized carbons (Fsp3) is 0.368. The number of hydrogen-bond donors (Lipinski definition) is 1. The van der Waals surface area contributed by atoms with E-state index in [2.05, 4.69) is 15.1 Å². The first-order valence-electron chi connectivity index (χ1n) is 9.72. The summed E-state index contributed by atoms with van der Waals surface area (Å²) in [4.78, 5) is 11.4. The topological polar surface area (TPSA) is 108 Å². The smallest absolute Gasteiger partial charge is 0.287 e. The molecule has 2 aromatic rings. The van der Waals surface area contributed by atoms with Crippen molar-refractivity contribution >= 4 is 17.5 Å². The first-order valence-corrected chi connectivity index (χ1v) is 9.72. The number of alkyl halides is 1. The molecule has 1 saturated carbocycles. The van der Waals surface area contributed by atoms with Crippen LogP contribution in [0.3, 0.4) is 0 Å². The predicted molar refractivity (Wildman–Crippen MR) is 102 cm³/mol. The zero-order valence-corrected chi connectivity index (χ0v) is 15.8. The third-order valence-electron chi connectivity index (χ3n) is 5.95. The number of benzene rings is 1. The summed E-state index contributed by atoms with van der Waals surface area (Å²) in [5.41, 5.74) is 0.251. The van der Waals surface area contributed by atoms with Gasteiger partial charge in [0.1, 0.15) is 12.3 Å². The van der Waals surface area contributed by atoms with Gasteiger partial charge in [-0.25, -0.2) is 19.9 Å². The fourth-order valence-electron chi connectivity index (χ4n) is 4.47. The number of para-hydroxylation sites is 1. The molecule has 0 saturated heterocycles. The number of fused-ring (bicyclic) bond motifs is 6. The maximum Gasteiger partial charge on any atom is 0.287 e. The summed E-state index contributed by atoms with van der Waals surface area (Å²) in [6.45, 7) is 0.190. The number of aliphatic hydroxyl groups is 1. The lowest BCUT2D eigenvalue weighted by atomic mass is 10.0. The molecule has 10 nitrogen and oxygen atoms in total. The van der Waals surface area contributed by atoms with Gasteiger partial charge in [-0.15, -0.1) is 0 Å². The van der Waals surface area contributed by atoms with E-state index in [1.807, 2.05) is 24.4 Å². The third kappa shape index (κ3) is 2.16. The fourth-order valence-corrected chi connectivity index (χ4v) is 4.47. The van der Waals surface area contributed by atoms with Crippen LogP contribution in [-0.2, 0) is 5.60 Å². The molecule has 0 radical (unpaired) electrons. The number of hydrogen-bond acceptors (Lipinski definition) is 10. The van der Waals surface area contributed by atoms with Crippen LogP contribution in [0.4, 0.5) is 16.0 Å². The lowest BCUT2D eigenvalue weighted by molar-refractivity contribution is 0.0112. The van der Waals surface area contributed by atoms with Crippen LogP contribution in [0.15, 0.2) is 45.8 Å². The van der Waals surface area contributed by atoms with Crippen LogP contribution >= 0.6 is 0 Å². The van der Waals surface area contributed by atoms with Gasteiger partial charge in [0.25, 0.3) is 18.3 Å². The van der Waals surface area contributed by atoms with E-state index in [0.29, 0.717) is 30.2 Å². The van der Waals surface area contributed by atoms with Gasteiger partial charge in [0.05, 0.1) is 11.9 Å². The van der Waals surface area contributed by atoms with Crippen molar-refractivity contribution in [2.75, 3.05) is 16.6 Å². The van der Waals surface area contributed by atoms with E-state index in [-0.39, 0.29) is 18.5 Å². The van der Waals surface area contributed by atoms with Crippen molar-refractivity contribution in [1.82, 2.24) is 20.0 Å². The molecule has 4 aliphatic rings. The average Bonchev–Trinajstić information content (AvgIpc) is 3.53. The van der Waals surface area contributed by atoms with Crippen molar-refractivity contribution in [2.24, 2.45) is 4.99 Å². The van der Waals surface area contributed by atoms with Gasteiger partial charge >= 0.3 is 0 Å². The van der Waals surface area contributed by atoms with Gasteiger partial charge in [-0.1, -0.05) is 12.1 Å². The number of aliphatic imine (C=N–C) groups is 1. The van der Waals surface area contributed by atoms with Crippen molar-refractivity contribution in [2.45, 2.75) is 37.7 Å². The molecule has 6 rings (SSSR count). The lowest BCUT2D eigenvalue weighted by Gasteiger charge is -2.39. The minimum atomic E-state index is -1.67. The molecule has 11 heteroatoms. The lowest BCUT2D eigenvalue weighted by Crippen LogP contribution is -2.51. The number of rotatable bonds is 2. The maximum atomic E-state index is 15.1. The number of amidine groups is 1. The first-order chi connectivity index (χ1) is 14.6. The number of aromatic nitrogens is 2. The van der Waals surface area contributed by atoms with Crippen LogP contribution in [0.2, 0.25) is 0 Å². The molecule has 1 fully saturated rings. The minimum Gasteiger partial charge on any atom is -0.380 e. The van der Waals surface area contributed by atoms with E-state index in [4.69, 9.17) is 4.52 Å². The Hall–Kier alpha value is -3.65. The van der Waals surface area contributed by atoms with Gasteiger partial charge in [-0.05, 0) is 43.0 Å². The molecule has 0 spiro atoms. The SMILES string of the molecule is N#CN1C=C2N(c3ccccc3C3=NCN(c4noc(C5(O)CCCC5)n4)N23)C1F. The Morgan fingerprint density at radius 1 is 1.27 bits per heavy atom. The van der Waals surface area contributed by atoms with Gasteiger partial charge in [0, 0.05) is 5.56 Å². The second kappa shape index (κ2) is 5.93. The summed E-state index contributed by atoms with van der Waals surface area (Å²) in [7, 11) is 0. The Balaban J connectivity index is 1.43. The quantitative estimate of drug-likeness (QED) is 0.589. The number of nitrogens with zero attached hydrogens (tertiary/aromatic N) is 8. The van der Waals surface area contributed by atoms with E-state index in [1.54, 1.807) is 16.1 Å². The molecular formula is C19H17FN8O2. The Morgan fingerprint density at radius 2 is 2.07 bits per heavy atom. The second-order valence-electron chi connectivity index (χ2n) is 7.67. The Morgan fingerprint density at radius 3 is 2.87 bits per heavy atom. The predicted octanol–water partition coefficient (Wildman–Crippen LogP) is 1.94. The molecule has 30 heavy (non-hydrogen) atoms. The zero-order valence-electron chi connectivity index (χ0n) is 15.8. The van der Waals surface area contributed by atoms with Gasteiger partial charge in [0.15, 0.2) is 17.8 Å². The highest BCUT2D eigenvalue weighted by Gasteiger charge is 2.48. The molecule has 4 heterocycles. The molecule has 1 aromatic heterocycles. The zero-order chi connectivity index (χ0) is 20.5. The molecule has 1 atom stereocenters. The Kier molecular flexibility index (Phi) is 3.41. The van der Waals surface area contributed by atoms with Crippen molar-refractivity contribution in [1.29, 1.82) is 5.26 Å². The first kappa shape index (κ1) is 17.2. The highest BCUT2D eigenvalue weighted by atomic mass is 19.1. The van der Waals surface area contributed by atoms with Gasteiger partial charge in [-0.3, -0.25) is 4.90 Å². The van der Waals surface area contributed by atoms with E-state index >= 15 is 4.39 Å². The molecule has 1 N–H and O–H groups in total. The Bertz CT molecular complexity index is 1130. The number of anilines is 2. The van der Waals surface area contributed by atoms with E-state index < -0.39 is 12.0 Å². The monoisotopic (exact) mass is 408 g/mol. The van der Waals surface area contributed by atoms with Crippen LogP contribution in [-0.4, -0.2) is 44.1 Å². The van der Waals surface area contributed by atoms with Crippen molar-refractivity contribution in [3.05, 3.63) is 47.7 Å². The van der Waals surface area contributed by atoms with Crippen molar-refractivity contribution in [3.8, 4) is 6.19 Å². The van der Waals surface area contributed by atoms with Gasteiger partial charge in [-0.2, -0.15) is 14.6 Å². The summed E-state index contributed by atoms with van der Waals surface area (Å²) in [6, 6.07) is 7.31. The normalized spacial score (nSPS) is 23.7. The highest BCUT2D eigenvalue weighted by molar-refractivity contribution is 6.09. The third-order valence-corrected chi connectivity index (χ3v) is 5.95. The van der Waals surface area contributed by atoms with Crippen molar-refractivity contribution < 1.29 is 14.0 Å². The molecule has 0 bridgehead atoms. The molecule has 3 aliphatic heterocycles. The summed E-state index contributed by atoms with van der Waals surface area (Å²) < 4.78 is 20.4. The minimum absolute atomic E-state index is 0.181. The molecule has 1 aliphatic carbocycles. The summed E-state index contributed by atoms with van der Waals surface area (Å²) in [6.07, 6.45) is 4.57. The van der Waals surface area contributed by atoms with Gasteiger partial charge < -0.3 is 9.63 Å². The van der Waals surface area contributed by atoms with Crippen LogP contribution in [0, 0.1) is 11.5 Å². The molecule has 1 unspecified atom stereocenters. The molecular weight excluding hydrogens is 391 g/mol. The standard InChI is InChI=1S/C19H17FN8O2/c20-17-25(10-21)9-14-27(17)13-6-2-1-5-12(13)15-22-11-26(28(14)15)18-23-16(30-24-18)19(29)7-3-4-8-19/h1-2,5-6,9,17,29H,3-4,7-8,11H2. The van der Waals surface area contributed by atoms with Crippen LogP contribution in [0.25, 0.3) is 0 Å². The number of halogens is 1. The van der Waals surface area contributed by atoms with Gasteiger partial charge in [0.2, 0.25) is 0 Å². The summed E-state index contributed by atoms with van der Waals surface area (Å²) in [5.74, 6) is 1.42. The largest absolute Gasteiger partial charge is 0.380 e. The van der Waals surface area contributed by atoms with Crippen LogP contribution in [0.1, 0.15) is 37.1 Å². The highest BCUT2D eigenvalue weighted by Crippen LogP contribution is 2.43. The maximum absolute atomic E-state index is 15.1. The van der Waals surface area contributed by atoms with E-state index in [1.165, 1.54) is 11.1 Å². The average molecular weight is 408 g/mol. The number of nitriles is 1. The van der Waals surface area contributed by atoms with Crippen molar-refractivity contribution in [3.63, 3.8) is 0 Å². The van der Waals surface area contributed by atoms with Crippen LogP contribution in [0.5, 0.6) is 0 Å². The van der Waals surface area contributed by atoms with E-state index in [9.17, 15) is 10.4 Å². The van der Waals surface area contributed by atoms with E-state index in [0.717, 1.165) is 23.3 Å². The Labute approximate surface area is 170 Å².